The second kappa shape index (κ2) is 10.7. The summed E-state index contributed by atoms with van der Waals surface area (Å²) in [5, 5.41) is 1.07. The Labute approximate surface area is 202 Å². The maximum atomic E-state index is 5.66. The molecule has 1 unspecified atom stereocenters. The van der Waals surface area contributed by atoms with E-state index in [0.29, 0.717) is 12.6 Å². The van der Waals surface area contributed by atoms with Crippen molar-refractivity contribution < 1.29 is 4.74 Å². The monoisotopic (exact) mass is 460 g/mol. The molecule has 0 amide bonds. The summed E-state index contributed by atoms with van der Waals surface area (Å²) in [5.41, 5.74) is 3.18. The first-order valence-electron chi connectivity index (χ1n) is 12.7. The minimum absolute atomic E-state index is 0.650. The molecule has 2 aliphatic heterocycles. The number of pyridine rings is 1. The third-order valence-corrected chi connectivity index (χ3v) is 7.17. The molecule has 0 N–H and O–H groups in total. The average Bonchev–Trinajstić information content (AvgIpc) is 3.12. The van der Waals surface area contributed by atoms with E-state index < -0.39 is 0 Å². The van der Waals surface area contributed by atoms with Gasteiger partial charge in [0.2, 0.25) is 5.95 Å². The fourth-order valence-electron chi connectivity index (χ4n) is 5.29. The summed E-state index contributed by atoms with van der Waals surface area (Å²) in [6, 6.07) is 13.0. The molecule has 1 aromatic carbocycles. The lowest BCUT2D eigenvalue weighted by atomic mass is 10.1. The van der Waals surface area contributed by atoms with Gasteiger partial charge in [0.1, 0.15) is 5.75 Å². The number of fused-ring (bicyclic) bond motifs is 1. The van der Waals surface area contributed by atoms with Crippen LogP contribution in [0.25, 0.3) is 10.9 Å². The van der Waals surface area contributed by atoms with Crippen molar-refractivity contribution in [2.75, 3.05) is 50.8 Å². The number of hydrogen-bond acceptors (Lipinski definition) is 7. The third-order valence-electron chi connectivity index (χ3n) is 7.17. The normalized spacial score (nSPS) is 20.4. The highest BCUT2D eigenvalue weighted by Gasteiger charge is 2.27. The number of ether oxygens (including phenoxy) is 1. The second-order valence-corrected chi connectivity index (χ2v) is 9.43. The fraction of sp³-hybridized carbons (Fsp3) is 0.519. The molecule has 3 aromatic rings. The van der Waals surface area contributed by atoms with Crippen LogP contribution in [0.1, 0.15) is 37.6 Å². The Morgan fingerprint density at radius 1 is 0.971 bits per heavy atom. The van der Waals surface area contributed by atoms with E-state index in [4.69, 9.17) is 14.7 Å². The van der Waals surface area contributed by atoms with Crippen molar-refractivity contribution in [1.29, 1.82) is 0 Å². The van der Waals surface area contributed by atoms with Crippen molar-refractivity contribution in [2.45, 2.75) is 45.7 Å². The topological polar surface area (TPSA) is 57.6 Å². The minimum Gasteiger partial charge on any atom is -0.494 e. The Bertz CT molecular complexity index is 1080. The number of anilines is 1. The highest BCUT2D eigenvalue weighted by atomic mass is 16.5. The van der Waals surface area contributed by atoms with E-state index in [1.54, 1.807) is 0 Å². The first kappa shape index (κ1) is 23.0. The van der Waals surface area contributed by atoms with Gasteiger partial charge in [-0.3, -0.25) is 14.8 Å². The maximum Gasteiger partial charge on any atom is 0.226 e. The minimum atomic E-state index is 0.650. The zero-order valence-corrected chi connectivity index (χ0v) is 20.5. The molecule has 34 heavy (non-hydrogen) atoms. The molecule has 4 heterocycles. The van der Waals surface area contributed by atoms with Gasteiger partial charge in [0.25, 0.3) is 0 Å². The van der Waals surface area contributed by atoms with Crippen molar-refractivity contribution in [1.82, 2.24) is 24.8 Å². The summed E-state index contributed by atoms with van der Waals surface area (Å²) in [5.74, 6) is 1.75. The van der Waals surface area contributed by atoms with Crippen LogP contribution in [-0.4, -0.2) is 76.7 Å². The van der Waals surface area contributed by atoms with Crippen LogP contribution in [0, 0.1) is 6.92 Å². The molecule has 0 bridgehead atoms. The van der Waals surface area contributed by atoms with Crippen molar-refractivity contribution in [2.24, 2.45) is 0 Å². The molecule has 7 nitrogen and oxygen atoms in total. The zero-order valence-electron chi connectivity index (χ0n) is 20.5. The van der Waals surface area contributed by atoms with E-state index in [0.717, 1.165) is 74.1 Å². The first-order chi connectivity index (χ1) is 16.7. The molecule has 7 heteroatoms. The van der Waals surface area contributed by atoms with Crippen LogP contribution >= 0.6 is 0 Å². The van der Waals surface area contributed by atoms with E-state index >= 15 is 0 Å². The van der Waals surface area contributed by atoms with Crippen LogP contribution in [0.5, 0.6) is 5.75 Å². The predicted octanol–water partition coefficient (Wildman–Crippen LogP) is 3.91. The summed E-state index contributed by atoms with van der Waals surface area (Å²) in [6.45, 7) is 12.3. The lowest BCUT2D eigenvalue weighted by Gasteiger charge is -2.39. The highest BCUT2D eigenvalue weighted by molar-refractivity contribution is 5.83. The SMILES string of the molecule is CCOc1ccc2nc(N3CCCC(N4CCN(Cc5ccccn5)CC4)CC3)nc(C)c2c1. The number of piperazine rings is 1. The smallest absolute Gasteiger partial charge is 0.226 e. The van der Waals surface area contributed by atoms with Crippen LogP contribution in [0.3, 0.4) is 0 Å². The Balaban J connectivity index is 1.19. The number of benzene rings is 1. The number of hydrogen-bond donors (Lipinski definition) is 0. The van der Waals surface area contributed by atoms with Gasteiger partial charge in [0.05, 0.1) is 23.5 Å². The quantitative estimate of drug-likeness (QED) is 0.553. The van der Waals surface area contributed by atoms with Gasteiger partial charge in [0, 0.05) is 63.4 Å². The molecule has 180 valence electrons. The van der Waals surface area contributed by atoms with Gasteiger partial charge < -0.3 is 9.64 Å². The summed E-state index contributed by atoms with van der Waals surface area (Å²) < 4.78 is 5.66. The van der Waals surface area contributed by atoms with Crippen LogP contribution in [0.2, 0.25) is 0 Å². The summed E-state index contributed by atoms with van der Waals surface area (Å²) >= 11 is 0. The Morgan fingerprint density at radius 2 is 1.85 bits per heavy atom. The van der Waals surface area contributed by atoms with Gasteiger partial charge >= 0.3 is 0 Å². The first-order valence-corrected chi connectivity index (χ1v) is 12.7. The zero-order chi connectivity index (χ0) is 23.3. The second-order valence-electron chi connectivity index (χ2n) is 9.43. The van der Waals surface area contributed by atoms with Gasteiger partial charge in [-0.15, -0.1) is 0 Å². The lowest BCUT2D eigenvalue weighted by Crippen LogP contribution is -2.50. The van der Waals surface area contributed by atoms with E-state index in [9.17, 15) is 0 Å². The molecule has 0 spiro atoms. The largest absolute Gasteiger partial charge is 0.494 e. The van der Waals surface area contributed by atoms with Gasteiger partial charge in [-0.2, -0.15) is 0 Å². The Morgan fingerprint density at radius 3 is 2.65 bits per heavy atom. The third kappa shape index (κ3) is 5.31. The molecular weight excluding hydrogens is 424 g/mol. The number of aromatic nitrogens is 3. The molecule has 5 rings (SSSR count). The number of aryl methyl sites for hydroxylation is 1. The van der Waals surface area contributed by atoms with Crippen LogP contribution < -0.4 is 9.64 Å². The molecule has 1 atom stereocenters. The molecule has 0 saturated carbocycles. The van der Waals surface area contributed by atoms with E-state index in [1.165, 1.54) is 25.0 Å². The molecule has 2 saturated heterocycles. The fourth-order valence-corrected chi connectivity index (χ4v) is 5.29. The van der Waals surface area contributed by atoms with Crippen LogP contribution in [-0.2, 0) is 6.54 Å². The Kier molecular flexibility index (Phi) is 7.21. The van der Waals surface area contributed by atoms with E-state index in [-0.39, 0.29) is 0 Å². The molecule has 0 aliphatic carbocycles. The van der Waals surface area contributed by atoms with Gasteiger partial charge in [-0.25, -0.2) is 9.97 Å². The van der Waals surface area contributed by atoms with Crippen LogP contribution in [0.4, 0.5) is 5.95 Å². The van der Waals surface area contributed by atoms with Gasteiger partial charge in [0.15, 0.2) is 0 Å². The summed E-state index contributed by atoms with van der Waals surface area (Å²) in [6.07, 6.45) is 5.50. The molecule has 2 aromatic heterocycles. The average molecular weight is 461 g/mol. The number of nitrogens with zero attached hydrogens (tertiary/aromatic N) is 6. The van der Waals surface area contributed by atoms with Crippen molar-refractivity contribution in [3.63, 3.8) is 0 Å². The molecule has 2 aliphatic rings. The van der Waals surface area contributed by atoms with Gasteiger partial charge in [-0.1, -0.05) is 6.07 Å². The van der Waals surface area contributed by atoms with Crippen molar-refractivity contribution in [3.05, 3.63) is 54.0 Å². The summed E-state index contributed by atoms with van der Waals surface area (Å²) in [4.78, 5) is 21.9. The standard InChI is InChI=1S/C27H36N6O/c1-3-34-24-9-10-26-25(19-24)21(2)29-27(30-26)33-13-6-8-23(11-14-33)32-17-15-31(16-18-32)20-22-7-4-5-12-28-22/h4-5,7,9-10,12,19,23H,3,6,8,11,13-18,20H2,1-2H3. The van der Waals surface area contributed by atoms with Crippen molar-refractivity contribution >= 4 is 16.9 Å². The summed E-state index contributed by atoms with van der Waals surface area (Å²) in [7, 11) is 0. The Hall–Kier alpha value is -2.77. The predicted molar refractivity (Wildman–Crippen MR) is 136 cm³/mol. The molecular formula is C27H36N6O. The van der Waals surface area contributed by atoms with Gasteiger partial charge in [-0.05, 0) is 63.4 Å². The van der Waals surface area contributed by atoms with Crippen molar-refractivity contribution in [3.8, 4) is 5.75 Å². The molecule has 2 fully saturated rings. The maximum absolute atomic E-state index is 5.66. The molecule has 0 radical (unpaired) electrons. The van der Waals surface area contributed by atoms with E-state index in [2.05, 4.69) is 50.9 Å². The lowest BCUT2D eigenvalue weighted by molar-refractivity contribution is 0.0859. The highest BCUT2D eigenvalue weighted by Crippen LogP contribution is 2.26. The number of rotatable bonds is 6. The van der Waals surface area contributed by atoms with Crippen LogP contribution in [0.15, 0.2) is 42.6 Å². The van der Waals surface area contributed by atoms with E-state index in [1.807, 2.05) is 25.3 Å².